The Kier molecular flexibility index (Phi) is 4.36. The Hall–Kier alpha value is -2.28. The molecule has 3 rings (SSSR count). The monoisotopic (exact) mass is 338 g/mol. The number of ether oxygens (including phenoxy) is 1. The van der Waals surface area contributed by atoms with Crippen molar-refractivity contribution in [2.75, 3.05) is 13.2 Å². The summed E-state index contributed by atoms with van der Waals surface area (Å²) in [5.74, 6) is 0.211. The molecule has 1 aliphatic rings. The number of fused-ring (bicyclic) bond motifs is 1. The summed E-state index contributed by atoms with van der Waals surface area (Å²) in [5, 5.41) is 2.12. The molecule has 1 saturated heterocycles. The highest BCUT2D eigenvalue weighted by Gasteiger charge is 2.47. The molecule has 1 fully saturated rings. The lowest BCUT2D eigenvalue weighted by Crippen LogP contribution is -2.43. The predicted octanol–water partition coefficient (Wildman–Crippen LogP) is 3.58. The van der Waals surface area contributed by atoms with Gasteiger partial charge >= 0.3 is 6.18 Å². The molecular weight excluding hydrogens is 321 g/mol. The highest BCUT2D eigenvalue weighted by Crippen LogP contribution is 2.41. The predicted molar refractivity (Wildman–Crippen MR) is 83.4 cm³/mol. The second kappa shape index (κ2) is 6.32. The molecule has 0 aliphatic carbocycles. The summed E-state index contributed by atoms with van der Waals surface area (Å²) in [7, 11) is 0. The second-order valence-corrected chi connectivity index (χ2v) is 5.59. The van der Waals surface area contributed by atoms with E-state index in [1.165, 1.54) is 6.07 Å². The zero-order chi connectivity index (χ0) is 17.3. The fraction of sp³-hybridized carbons (Fsp3) is 0.353. The Balaban J connectivity index is 2.09. The minimum atomic E-state index is -4.51. The lowest BCUT2D eigenvalue weighted by atomic mass is 9.97. The van der Waals surface area contributed by atoms with Crippen LogP contribution in [-0.4, -0.2) is 30.2 Å². The molecule has 1 atom stereocenters. The van der Waals surface area contributed by atoms with E-state index in [0.717, 1.165) is 5.01 Å². The smallest absolute Gasteiger partial charge is 0.409 e. The Morgan fingerprint density at radius 2 is 2.08 bits per heavy atom. The highest BCUT2D eigenvalue weighted by molar-refractivity contribution is 5.87. The van der Waals surface area contributed by atoms with E-state index in [-0.39, 0.29) is 18.5 Å². The molecule has 0 spiro atoms. The van der Waals surface area contributed by atoms with Crippen molar-refractivity contribution in [1.82, 2.24) is 10.4 Å². The van der Waals surface area contributed by atoms with Gasteiger partial charge in [-0.05, 0) is 35.4 Å². The Labute approximate surface area is 137 Å². The van der Waals surface area contributed by atoms with Gasteiger partial charge in [0.15, 0.2) is 6.04 Å². The van der Waals surface area contributed by atoms with Crippen LogP contribution < -0.4 is 10.2 Å². The van der Waals surface area contributed by atoms with Crippen LogP contribution in [-0.2, 0) is 4.79 Å². The van der Waals surface area contributed by atoms with E-state index in [2.05, 4.69) is 5.43 Å². The van der Waals surface area contributed by atoms with Crippen LogP contribution in [0.15, 0.2) is 36.4 Å². The SMILES string of the molecule is CCOc1ccc2c(C(N3CCC(=O)N3)C(F)(F)F)cccc2c1. The fourth-order valence-corrected chi connectivity index (χ4v) is 2.99. The molecule has 128 valence electrons. The Morgan fingerprint density at radius 3 is 2.71 bits per heavy atom. The topological polar surface area (TPSA) is 41.6 Å². The van der Waals surface area contributed by atoms with Gasteiger partial charge in [-0.25, -0.2) is 5.01 Å². The fourth-order valence-electron chi connectivity index (χ4n) is 2.99. The number of hydrogen-bond acceptors (Lipinski definition) is 3. The zero-order valence-corrected chi connectivity index (χ0v) is 13.1. The number of nitrogens with one attached hydrogen (secondary N) is 1. The van der Waals surface area contributed by atoms with Crippen LogP contribution in [0, 0.1) is 0 Å². The third kappa shape index (κ3) is 3.17. The van der Waals surface area contributed by atoms with E-state index in [4.69, 9.17) is 4.74 Å². The van der Waals surface area contributed by atoms with Gasteiger partial charge in [-0.1, -0.05) is 24.3 Å². The van der Waals surface area contributed by atoms with E-state index in [0.29, 0.717) is 23.1 Å². The first-order valence-electron chi connectivity index (χ1n) is 7.68. The van der Waals surface area contributed by atoms with Crippen molar-refractivity contribution in [3.05, 3.63) is 42.0 Å². The van der Waals surface area contributed by atoms with E-state index in [1.807, 2.05) is 6.92 Å². The van der Waals surface area contributed by atoms with Crippen molar-refractivity contribution in [1.29, 1.82) is 0 Å². The quantitative estimate of drug-likeness (QED) is 0.926. The molecule has 0 bridgehead atoms. The molecule has 2 aromatic rings. The second-order valence-electron chi connectivity index (χ2n) is 5.59. The molecular formula is C17H17F3N2O2. The van der Waals surface area contributed by atoms with Crippen molar-refractivity contribution < 1.29 is 22.7 Å². The minimum Gasteiger partial charge on any atom is -0.494 e. The van der Waals surface area contributed by atoms with Gasteiger partial charge in [0.1, 0.15) is 5.75 Å². The van der Waals surface area contributed by atoms with E-state index >= 15 is 0 Å². The summed E-state index contributed by atoms with van der Waals surface area (Å²) in [6.07, 6.45) is -4.45. The standard InChI is InChI=1S/C17H17F3N2O2/c1-2-24-12-6-7-13-11(10-12)4-3-5-14(13)16(17(18,19)20)22-9-8-15(23)21-22/h3-7,10,16H,2,8-9H2,1H3,(H,21,23). The highest BCUT2D eigenvalue weighted by atomic mass is 19.4. The number of alkyl halides is 3. The first-order chi connectivity index (χ1) is 11.4. The van der Waals surface area contributed by atoms with Gasteiger partial charge in [-0.15, -0.1) is 0 Å². The van der Waals surface area contributed by atoms with Crippen molar-refractivity contribution in [2.24, 2.45) is 0 Å². The van der Waals surface area contributed by atoms with E-state index in [1.54, 1.807) is 30.3 Å². The maximum Gasteiger partial charge on any atom is 0.409 e. The van der Waals surface area contributed by atoms with Gasteiger partial charge < -0.3 is 4.74 Å². The first-order valence-corrected chi connectivity index (χ1v) is 7.68. The number of nitrogens with zero attached hydrogens (tertiary/aromatic N) is 1. The molecule has 2 aromatic carbocycles. The molecule has 0 radical (unpaired) electrons. The third-order valence-electron chi connectivity index (χ3n) is 3.96. The summed E-state index contributed by atoms with van der Waals surface area (Å²) in [6, 6.07) is 7.91. The van der Waals surface area contributed by atoms with Gasteiger partial charge in [0.25, 0.3) is 0 Å². The summed E-state index contributed by atoms with van der Waals surface area (Å²) >= 11 is 0. The van der Waals surface area contributed by atoms with Crippen LogP contribution in [0.5, 0.6) is 5.75 Å². The summed E-state index contributed by atoms with van der Waals surface area (Å²) in [5.41, 5.74) is 2.42. The van der Waals surface area contributed by atoms with Crippen LogP contribution in [0.4, 0.5) is 13.2 Å². The number of rotatable bonds is 4. The summed E-state index contributed by atoms with van der Waals surface area (Å²) < 4.78 is 46.5. The van der Waals surface area contributed by atoms with Crippen LogP contribution in [0.2, 0.25) is 0 Å². The summed E-state index contributed by atoms with van der Waals surface area (Å²) in [6.45, 7) is 2.35. The van der Waals surface area contributed by atoms with Gasteiger partial charge in [-0.2, -0.15) is 13.2 Å². The van der Waals surface area contributed by atoms with Crippen molar-refractivity contribution in [2.45, 2.75) is 25.6 Å². The number of halogens is 3. The molecule has 1 N–H and O–H groups in total. The van der Waals surface area contributed by atoms with Crippen LogP contribution in [0.25, 0.3) is 10.8 Å². The van der Waals surface area contributed by atoms with Crippen molar-refractivity contribution >= 4 is 16.7 Å². The average molecular weight is 338 g/mol. The van der Waals surface area contributed by atoms with E-state index < -0.39 is 18.1 Å². The largest absolute Gasteiger partial charge is 0.494 e. The lowest BCUT2D eigenvalue weighted by molar-refractivity contribution is -0.190. The molecule has 1 unspecified atom stereocenters. The first kappa shape index (κ1) is 16.6. The van der Waals surface area contributed by atoms with Gasteiger partial charge in [0.05, 0.1) is 6.61 Å². The summed E-state index contributed by atoms with van der Waals surface area (Å²) in [4.78, 5) is 11.4. The average Bonchev–Trinajstić information content (AvgIpc) is 2.92. The number of amides is 1. The Bertz CT molecular complexity index is 761. The van der Waals surface area contributed by atoms with Crippen LogP contribution >= 0.6 is 0 Å². The van der Waals surface area contributed by atoms with Crippen LogP contribution in [0.1, 0.15) is 24.9 Å². The molecule has 0 saturated carbocycles. The van der Waals surface area contributed by atoms with Gasteiger partial charge in [0, 0.05) is 13.0 Å². The molecule has 0 aromatic heterocycles. The van der Waals surface area contributed by atoms with Crippen LogP contribution in [0.3, 0.4) is 0 Å². The maximum absolute atomic E-state index is 13.7. The third-order valence-corrected chi connectivity index (χ3v) is 3.96. The number of hydrazine groups is 1. The number of carbonyl (C=O) groups is 1. The molecule has 1 heterocycles. The van der Waals surface area contributed by atoms with Gasteiger partial charge in [-0.3, -0.25) is 10.2 Å². The number of carbonyl (C=O) groups excluding carboxylic acids is 1. The zero-order valence-electron chi connectivity index (χ0n) is 13.1. The number of benzene rings is 2. The molecule has 1 amide bonds. The molecule has 4 nitrogen and oxygen atoms in total. The molecule has 24 heavy (non-hydrogen) atoms. The Morgan fingerprint density at radius 1 is 1.29 bits per heavy atom. The maximum atomic E-state index is 13.7. The van der Waals surface area contributed by atoms with Crippen molar-refractivity contribution in [3.8, 4) is 5.75 Å². The number of hydrogen-bond donors (Lipinski definition) is 1. The molecule has 7 heteroatoms. The molecule has 1 aliphatic heterocycles. The van der Waals surface area contributed by atoms with Crippen molar-refractivity contribution in [3.63, 3.8) is 0 Å². The minimum absolute atomic E-state index is 0.0242. The normalized spacial score (nSPS) is 17.1. The van der Waals surface area contributed by atoms with Gasteiger partial charge in [0.2, 0.25) is 5.91 Å². The lowest BCUT2D eigenvalue weighted by Gasteiger charge is -2.30. The van der Waals surface area contributed by atoms with E-state index in [9.17, 15) is 18.0 Å².